The average molecular weight is 495 g/mol. The van der Waals surface area contributed by atoms with Gasteiger partial charge in [0.1, 0.15) is 11.4 Å². The van der Waals surface area contributed by atoms with Crippen molar-refractivity contribution in [2.45, 2.75) is 53.4 Å². The van der Waals surface area contributed by atoms with Gasteiger partial charge in [-0.25, -0.2) is 4.21 Å². The van der Waals surface area contributed by atoms with Crippen molar-refractivity contribution < 1.29 is 21.2 Å². The molecule has 0 aliphatic heterocycles. The molecule has 0 aliphatic carbocycles. The summed E-state index contributed by atoms with van der Waals surface area (Å²) in [7, 11) is -3.85. The number of rotatable bonds is 13. The third kappa shape index (κ3) is 10.8. The van der Waals surface area contributed by atoms with Crippen LogP contribution in [0.4, 0.5) is 0 Å². The third-order valence-electron chi connectivity index (χ3n) is 4.19. The molecule has 0 fully saturated rings. The molecule has 0 aliphatic rings. The van der Waals surface area contributed by atoms with E-state index in [0.717, 1.165) is 12.8 Å². The summed E-state index contributed by atoms with van der Waals surface area (Å²) in [4.78, 5) is 0. The standard InChI is InChI=1S/C22H28N2O5S2.C2H6/c1-3-5-17-30(25)28-23-21(19-13-9-7-10-14-19)22(20-15-11-8-12-16-20)24-29-31(26,27)18-6-4-2;1-2/h7-16H,3-6,17-18H2,1-2H3;1-2H3/b23-21-,24-22-;. The Bertz CT molecular complexity index is 992. The molecule has 182 valence electrons. The molecule has 2 aromatic carbocycles. The Morgan fingerprint density at radius 1 is 0.818 bits per heavy atom. The normalized spacial score (nSPS) is 13.0. The van der Waals surface area contributed by atoms with Crippen molar-refractivity contribution in [1.29, 1.82) is 0 Å². The second kappa shape index (κ2) is 16.1. The first-order chi connectivity index (χ1) is 16.0. The molecule has 1 unspecified atom stereocenters. The lowest BCUT2D eigenvalue weighted by molar-refractivity contribution is 0.338. The molecule has 33 heavy (non-hydrogen) atoms. The second-order valence-electron chi connectivity index (χ2n) is 6.74. The van der Waals surface area contributed by atoms with Crippen LogP contribution >= 0.6 is 0 Å². The molecule has 9 heteroatoms. The number of hydrogen-bond acceptors (Lipinski definition) is 7. The van der Waals surface area contributed by atoms with E-state index < -0.39 is 21.2 Å². The highest BCUT2D eigenvalue weighted by atomic mass is 32.2. The number of benzene rings is 2. The fraction of sp³-hybridized carbons (Fsp3) is 0.417. The average Bonchev–Trinajstić information content (AvgIpc) is 2.85. The van der Waals surface area contributed by atoms with Crippen LogP contribution in [0, 0.1) is 0 Å². The van der Waals surface area contributed by atoms with Gasteiger partial charge in [0.25, 0.3) is 0 Å². The van der Waals surface area contributed by atoms with Crippen LogP contribution < -0.4 is 0 Å². The predicted molar refractivity (Wildman–Crippen MR) is 136 cm³/mol. The number of nitrogens with zero attached hydrogens (tertiary/aromatic N) is 2. The van der Waals surface area contributed by atoms with Crippen LogP contribution in [0.2, 0.25) is 0 Å². The molecule has 0 radical (unpaired) electrons. The summed E-state index contributed by atoms with van der Waals surface area (Å²) in [5.41, 5.74) is 1.59. The van der Waals surface area contributed by atoms with Crippen LogP contribution in [-0.4, -0.2) is 35.6 Å². The van der Waals surface area contributed by atoms with E-state index in [9.17, 15) is 12.6 Å². The van der Waals surface area contributed by atoms with Gasteiger partial charge in [-0.3, -0.25) is 8.57 Å². The summed E-state index contributed by atoms with van der Waals surface area (Å²) in [6.45, 7) is 7.89. The van der Waals surface area contributed by atoms with Gasteiger partial charge in [0.05, 0.1) is 11.5 Å². The minimum absolute atomic E-state index is 0.135. The van der Waals surface area contributed by atoms with Crippen LogP contribution in [0.5, 0.6) is 0 Å². The second-order valence-corrected chi connectivity index (χ2v) is 9.58. The summed E-state index contributed by atoms with van der Waals surface area (Å²) < 4.78 is 46.8. The van der Waals surface area contributed by atoms with Gasteiger partial charge in [0, 0.05) is 11.1 Å². The van der Waals surface area contributed by atoms with Gasteiger partial charge < -0.3 is 0 Å². The van der Waals surface area contributed by atoms with Crippen molar-refractivity contribution in [2.75, 3.05) is 11.5 Å². The smallest absolute Gasteiger partial charge is 0.292 e. The van der Waals surface area contributed by atoms with E-state index in [1.165, 1.54) is 0 Å². The van der Waals surface area contributed by atoms with Gasteiger partial charge in [-0.15, -0.1) is 0 Å². The van der Waals surface area contributed by atoms with Crippen molar-refractivity contribution in [3.8, 4) is 0 Å². The van der Waals surface area contributed by atoms with E-state index in [2.05, 4.69) is 10.3 Å². The molecule has 0 heterocycles. The highest BCUT2D eigenvalue weighted by Gasteiger charge is 2.19. The summed E-state index contributed by atoms with van der Waals surface area (Å²) >= 11 is -1.61. The van der Waals surface area contributed by atoms with Crippen LogP contribution in [-0.2, 0) is 29.8 Å². The van der Waals surface area contributed by atoms with E-state index in [1.54, 1.807) is 48.5 Å². The molecule has 0 aromatic heterocycles. The Balaban J connectivity index is 0.00000265. The largest absolute Gasteiger partial charge is 0.328 e. The van der Waals surface area contributed by atoms with Gasteiger partial charge in [0.2, 0.25) is 11.1 Å². The summed E-state index contributed by atoms with van der Waals surface area (Å²) in [5.74, 6) is 0.214. The first kappa shape index (κ1) is 28.5. The van der Waals surface area contributed by atoms with E-state index in [0.29, 0.717) is 29.7 Å². The van der Waals surface area contributed by atoms with Gasteiger partial charge in [0.15, 0.2) is 0 Å². The molecule has 2 rings (SSSR count). The van der Waals surface area contributed by atoms with Gasteiger partial charge in [-0.2, -0.15) is 8.42 Å². The zero-order valence-electron chi connectivity index (χ0n) is 19.8. The van der Waals surface area contributed by atoms with Crippen LogP contribution in [0.15, 0.2) is 71.0 Å². The molecule has 0 saturated carbocycles. The maximum Gasteiger partial charge on any atom is 0.328 e. The molecule has 0 N–H and O–H groups in total. The van der Waals surface area contributed by atoms with E-state index in [1.807, 2.05) is 39.8 Å². The molecule has 0 amide bonds. The van der Waals surface area contributed by atoms with E-state index in [-0.39, 0.29) is 17.2 Å². The number of oxime groups is 2. The fourth-order valence-corrected chi connectivity index (χ4v) is 4.15. The summed E-state index contributed by atoms with van der Waals surface area (Å²) in [6, 6.07) is 17.9. The van der Waals surface area contributed by atoms with Crippen LogP contribution in [0.1, 0.15) is 64.5 Å². The molecular formula is C24H34N2O5S2. The zero-order valence-corrected chi connectivity index (χ0v) is 21.4. The zero-order chi connectivity index (χ0) is 24.5. The lowest BCUT2D eigenvalue weighted by Gasteiger charge is -2.10. The minimum atomic E-state index is -3.85. The van der Waals surface area contributed by atoms with E-state index >= 15 is 0 Å². The quantitative estimate of drug-likeness (QED) is 0.273. The van der Waals surface area contributed by atoms with Crippen molar-refractivity contribution in [2.24, 2.45) is 10.3 Å². The minimum Gasteiger partial charge on any atom is -0.292 e. The Morgan fingerprint density at radius 2 is 1.30 bits per heavy atom. The lowest BCUT2D eigenvalue weighted by atomic mass is 10.0. The molecule has 0 spiro atoms. The van der Waals surface area contributed by atoms with Crippen molar-refractivity contribution in [1.82, 2.24) is 0 Å². The monoisotopic (exact) mass is 494 g/mol. The molecule has 0 bridgehead atoms. The van der Waals surface area contributed by atoms with Gasteiger partial charge >= 0.3 is 10.1 Å². The van der Waals surface area contributed by atoms with Crippen LogP contribution in [0.25, 0.3) is 0 Å². The predicted octanol–water partition coefficient (Wildman–Crippen LogP) is 5.45. The Labute approximate surface area is 200 Å². The third-order valence-corrected chi connectivity index (χ3v) is 6.14. The lowest BCUT2D eigenvalue weighted by Crippen LogP contribution is -2.20. The fourth-order valence-electron chi connectivity index (χ4n) is 2.49. The van der Waals surface area contributed by atoms with Crippen molar-refractivity contribution >= 4 is 32.6 Å². The Kier molecular flexibility index (Phi) is 14.0. The van der Waals surface area contributed by atoms with Gasteiger partial charge in [-0.05, 0) is 12.8 Å². The SMILES string of the molecule is CC.CCCCS(=O)O/N=C(\C(=N/OS(=O)(=O)CCCC)c1ccccc1)c1ccccc1. The highest BCUT2D eigenvalue weighted by molar-refractivity contribution is 7.86. The molecule has 1 atom stereocenters. The summed E-state index contributed by atoms with van der Waals surface area (Å²) in [5, 5.41) is 8.05. The van der Waals surface area contributed by atoms with Gasteiger partial charge in [-0.1, -0.05) is 112 Å². The Morgan fingerprint density at radius 3 is 1.79 bits per heavy atom. The summed E-state index contributed by atoms with van der Waals surface area (Å²) in [6.07, 6.45) is 2.80. The van der Waals surface area contributed by atoms with E-state index in [4.69, 9.17) is 8.57 Å². The molecule has 2 aromatic rings. The first-order valence-electron chi connectivity index (χ1n) is 11.2. The first-order valence-corrected chi connectivity index (χ1v) is 14.0. The molecule has 0 saturated heterocycles. The molecular weight excluding hydrogens is 460 g/mol. The number of unbranched alkanes of at least 4 members (excludes halogenated alkanes) is 2. The number of hydrogen-bond donors (Lipinski definition) is 0. The van der Waals surface area contributed by atoms with Crippen molar-refractivity contribution in [3.63, 3.8) is 0 Å². The highest BCUT2D eigenvalue weighted by Crippen LogP contribution is 2.13. The maximum absolute atomic E-state index is 12.2. The topological polar surface area (TPSA) is 94.4 Å². The maximum atomic E-state index is 12.2. The van der Waals surface area contributed by atoms with Crippen LogP contribution in [0.3, 0.4) is 0 Å². The van der Waals surface area contributed by atoms with Crippen molar-refractivity contribution in [3.05, 3.63) is 71.8 Å². The Hall–Kier alpha value is -2.52. The molecule has 7 nitrogen and oxygen atoms in total.